The fourth-order valence-electron chi connectivity index (χ4n) is 3.27. The lowest BCUT2D eigenvalue weighted by Gasteiger charge is -2.30. The number of aromatic nitrogens is 2. The third-order valence-electron chi connectivity index (χ3n) is 4.44. The molecule has 0 bridgehead atoms. The Hall–Kier alpha value is -2.65. The number of benzene rings is 1. The first-order valence-electron chi connectivity index (χ1n) is 8.21. The zero-order valence-electron chi connectivity index (χ0n) is 13.9. The van der Waals surface area contributed by atoms with Gasteiger partial charge in [0.1, 0.15) is 17.5 Å². The van der Waals surface area contributed by atoms with E-state index in [4.69, 9.17) is 11.5 Å². The van der Waals surface area contributed by atoms with E-state index in [1.54, 1.807) is 0 Å². The maximum absolute atomic E-state index is 9.29. The Morgan fingerprint density at radius 1 is 1.25 bits per heavy atom. The molecule has 1 aromatic carbocycles. The molecule has 1 unspecified atom stereocenters. The van der Waals surface area contributed by atoms with Crippen LogP contribution in [0.5, 0.6) is 0 Å². The zero-order chi connectivity index (χ0) is 17.1. The van der Waals surface area contributed by atoms with E-state index < -0.39 is 0 Å². The van der Waals surface area contributed by atoms with E-state index in [0.717, 1.165) is 31.1 Å². The van der Waals surface area contributed by atoms with Gasteiger partial charge in [0.05, 0.1) is 5.69 Å². The van der Waals surface area contributed by atoms with Crippen molar-refractivity contribution in [3.05, 3.63) is 35.4 Å². The third kappa shape index (κ3) is 3.47. The van der Waals surface area contributed by atoms with Crippen molar-refractivity contribution in [3.8, 4) is 17.3 Å². The van der Waals surface area contributed by atoms with E-state index >= 15 is 0 Å². The second kappa shape index (κ2) is 6.85. The van der Waals surface area contributed by atoms with Crippen LogP contribution in [0.4, 0.5) is 11.8 Å². The first-order valence-corrected chi connectivity index (χ1v) is 8.21. The molecule has 0 amide bonds. The van der Waals surface area contributed by atoms with Crippen LogP contribution in [0.2, 0.25) is 0 Å². The van der Waals surface area contributed by atoms with E-state index in [1.165, 1.54) is 18.4 Å². The van der Waals surface area contributed by atoms with Crippen LogP contribution >= 0.6 is 0 Å². The van der Waals surface area contributed by atoms with Crippen molar-refractivity contribution >= 4 is 11.8 Å². The van der Waals surface area contributed by atoms with Gasteiger partial charge < -0.3 is 11.5 Å². The van der Waals surface area contributed by atoms with E-state index in [9.17, 15) is 5.26 Å². The molecule has 4 N–H and O–H groups in total. The fourth-order valence-corrected chi connectivity index (χ4v) is 3.27. The summed E-state index contributed by atoms with van der Waals surface area (Å²) >= 11 is 0. The summed E-state index contributed by atoms with van der Waals surface area (Å²) in [7, 11) is 0. The summed E-state index contributed by atoms with van der Waals surface area (Å²) in [5, 5.41) is 9.29. The Balaban J connectivity index is 1.81. The summed E-state index contributed by atoms with van der Waals surface area (Å²) in [6, 6.07) is 10.1. The molecule has 1 aromatic heterocycles. The molecule has 1 aliphatic heterocycles. The Morgan fingerprint density at radius 2 is 2.00 bits per heavy atom. The van der Waals surface area contributed by atoms with E-state index in [2.05, 4.69) is 40.0 Å². The highest BCUT2D eigenvalue weighted by atomic mass is 15.1. The average Bonchev–Trinajstić information content (AvgIpc) is 2.55. The molecule has 2 aromatic rings. The summed E-state index contributed by atoms with van der Waals surface area (Å²) in [5.41, 5.74) is 14.3. The first-order chi connectivity index (χ1) is 11.6. The van der Waals surface area contributed by atoms with Crippen molar-refractivity contribution in [2.24, 2.45) is 5.92 Å². The monoisotopic (exact) mass is 322 g/mol. The van der Waals surface area contributed by atoms with Crippen LogP contribution in [0.1, 0.15) is 30.9 Å². The molecule has 124 valence electrons. The summed E-state index contributed by atoms with van der Waals surface area (Å²) < 4.78 is 0. The smallest absolute Gasteiger partial charge is 0.222 e. The lowest BCUT2D eigenvalue weighted by molar-refractivity contribution is 0.176. The van der Waals surface area contributed by atoms with Crippen molar-refractivity contribution in [1.29, 1.82) is 5.26 Å². The Bertz CT molecular complexity index is 762. The molecule has 24 heavy (non-hydrogen) atoms. The molecule has 2 heterocycles. The number of nitrogens with zero attached hydrogens (tertiary/aromatic N) is 4. The van der Waals surface area contributed by atoms with Crippen LogP contribution in [-0.2, 0) is 6.54 Å². The Labute approximate surface area is 142 Å². The third-order valence-corrected chi connectivity index (χ3v) is 4.44. The number of piperidine rings is 1. The van der Waals surface area contributed by atoms with E-state index in [1.807, 2.05) is 12.1 Å². The number of rotatable bonds is 3. The molecule has 6 nitrogen and oxygen atoms in total. The molecule has 1 fully saturated rings. The van der Waals surface area contributed by atoms with Gasteiger partial charge in [-0.2, -0.15) is 10.2 Å². The molecule has 0 saturated carbocycles. The quantitative estimate of drug-likeness (QED) is 0.899. The normalized spacial score (nSPS) is 18.2. The summed E-state index contributed by atoms with van der Waals surface area (Å²) in [6.45, 7) is 5.56. The highest BCUT2D eigenvalue weighted by Crippen LogP contribution is 2.26. The van der Waals surface area contributed by atoms with Gasteiger partial charge in [-0.15, -0.1) is 0 Å². The van der Waals surface area contributed by atoms with Gasteiger partial charge in [0, 0.05) is 18.7 Å². The number of nitrogen functional groups attached to an aromatic ring is 2. The molecule has 6 heteroatoms. The van der Waals surface area contributed by atoms with E-state index in [-0.39, 0.29) is 17.3 Å². The van der Waals surface area contributed by atoms with Crippen molar-refractivity contribution in [2.75, 3.05) is 24.6 Å². The van der Waals surface area contributed by atoms with Crippen molar-refractivity contribution < 1.29 is 0 Å². The molecule has 0 aliphatic carbocycles. The maximum Gasteiger partial charge on any atom is 0.222 e. The van der Waals surface area contributed by atoms with Crippen molar-refractivity contribution in [3.63, 3.8) is 0 Å². The predicted molar refractivity (Wildman–Crippen MR) is 94.7 cm³/mol. The van der Waals surface area contributed by atoms with Gasteiger partial charge in [-0.3, -0.25) is 4.90 Å². The lowest BCUT2D eigenvalue weighted by Crippen LogP contribution is -2.33. The number of nitrogens with two attached hydrogens (primary N) is 2. The fraction of sp³-hybridized carbons (Fsp3) is 0.389. The highest BCUT2D eigenvalue weighted by molar-refractivity contribution is 5.73. The Kier molecular flexibility index (Phi) is 4.63. The number of nitriles is 1. The van der Waals surface area contributed by atoms with Crippen LogP contribution in [-0.4, -0.2) is 28.0 Å². The largest absolute Gasteiger partial charge is 0.382 e. The number of likely N-dealkylation sites (tertiary alicyclic amines) is 1. The van der Waals surface area contributed by atoms with Gasteiger partial charge in [-0.1, -0.05) is 31.2 Å². The standard InChI is InChI=1S/C18H22N6/c1-12-3-2-8-24(10-12)11-13-4-6-14(7-5-13)16-15(9-19)17(20)23-18(21)22-16/h4-7,12H,2-3,8,10-11H2,1H3,(H4,20,21,22,23). The number of hydrogen-bond acceptors (Lipinski definition) is 6. The van der Waals surface area contributed by atoms with Gasteiger partial charge in [0.25, 0.3) is 0 Å². The minimum atomic E-state index is 0.0767. The van der Waals surface area contributed by atoms with Crippen LogP contribution in [0.3, 0.4) is 0 Å². The highest BCUT2D eigenvalue weighted by Gasteiger charge is 2.17. The molecular weight excluding hydrogens is 300 g/mol. The molecule has 0 radical (unpaired) electrons. The Morgan fingerprint density at radius 3 is 2.67 bits per heavy atom. The second-order valence-electron chi connectivity index (χ2n) is 6.48. The van der Waals surface area contributed by atoms with Crippen LogP contribution in [0.15, 0.2) is 24.3 Å². The second-order valence-corrected chi connectivity index (χ2v) is 6.48. The molecule has 1 saturated heterocycles. The van der Waals surface area contributed by atoms with Gasteiger partial charge in [0.2, 0.25) is 5.95 Å². The molecular formula is C18H22N6. The van der Waals surface area contributed by atoms with Gasteiger partial charge in [-0.05, 0) is 30.9 Å². The summed E-state index contributed by atoms with van der Waals surface area (Å²) in [5.74, 6) is 0.961. The topological polar surface area (TPSA) is 105 Å². The van der Waals surface area contributed by atoms with Crippen LogP contribution in [0, 0.1) is 17.2 Å². The molecule has 0 spiro atoms. The molecule has 1 atom stereocenters. The van der Waals surface area contributed by atoms with E-state index in [0.29, 0.717) is 5.69 Å². The summed E-state index contributed by atoms with van der Waals surface area (Å²) in [6.07, 6.45) is 2.59. The predicted octanol–water partition coefficient (Wildman–Crippen LogP) is 2.41. The van der Waals surface area contributed by atoms with Gasteiger partial charge >= 0.3 is 0 Å². The molecule has 3 rings (SSSR count). The SMILES string of the molecule is CC1CCCN(Cc2ccc(-c3nc(N)nc(N)c3C#N)cc2)C1. The number of anilines is 2. The van der Waals surface area contributed by atoms with Crippen molar-refractivity contribution in [1.82, 2.24) is 14.9 Å². The van der Waals surface area contributed by atoms with Gasteiger partial charge in [-0.25, -0.2) is 4.98 Å². The minimum absolute atomic E-state index is 0.0767. The van der Waals surface area contributed by atoms with Crippen LogP contribution < -0.4 is 11.5 Å². The lowest BCUT2D eigenvalue weighted by atomic mass is 9.99. The van der Waals surface area contributed by atoms with Crippen LogP contribution in [0.25, 0.3) is 11.3 Å². The number of hydrogen-bond donors (Lipinski definition) is 2. The summed E-state index contributed by atoms with van der Waals surface area (Å²) in [4.78, 5) is 10.5. The zero-order valence-corrected chi connectivity index (χ0v) is 13.9. The average molecular weight is 322 g/mol. The van der Waals surface area contributed by atoms with Gasteiger partial charge in [0.15, 0.2) is 0 Å². The van der Waals surface area contributed by atoms with Crippen molar-refractivity contribution in [2.45, 2.75) is 26.3 Å². The first kappa shape index (κ1) is 16.2. The molecule has 1 aliphatic rings. The maximum atomic E-state index is 9.29. The minimum Gasteiger partial charge on any atom is -0.382 e.